The van der Waals surface area contributed by atoms with E-state index < -0.39 is 5.82 Å². The molecule has 0 aliphatic rings. The number of halogens is 2. The number of carbonyl (C=O) groups excluding carboxylic acids is 1. The smallest absolute Gasteiger partial charge is 0.257 e. The molecule has 0 atom stereocenters. The van der Waals surface area contributed by atoms with Gasteiger partial charge in [0, 0.05) is 16.1 Å². The zero-order chi connectivity index (χ0) is 14.8. The molecule has 2 aromatic carbocycles. The van der Waals surface area contributed by atoms with E-state index in [0.29, 0.717) is 21.2 Å². The number of nitrogens with zero attached hydrogens (tertiary/aromatic N) is 1. The van der Waals surface area contributed by atoms with E-state index in [1.165, 1.54) is 12.1 Å². The van der Waals surface area contributed by atoms with Crippen LogP contribution in [0.15, 0.2) is 59.2 Å². The Morgan fingerprint density at radius 2 is 1.95 bits per heavy atom. The Hall–Kier alpha value is -2.27. The molecule has 5 heteroatoms. The maximum atomic E-state index is 13.3. The third-order valence-corrected chi connectivity index (χ3v) is 3.75. The fraction of sp³-hybridized carbons (Fsp3) is 0. The molecule has 104 valence electrons. The number of benzene rings is 2. The van der Waals surface area contributed by atoms with E-state index in [9.17, 15) is 9.18 Å². The highest BCUT2D eigenvalue weighted by Crippen LogP contribution is 2.24. The first-order valence-electron chi connectivity index (χ1n) is 6.25. The van der Waals surface area contributed by atoms with Crippen molar-refractivity contribution in [3.05, 3.63) is 70.6 Å². The lowest BCUT2D eigenvalue weighted by molar-refractivity contribution is 0.102. The van der Waals surface area contributed by atoms with Crippen LogP contribution in [0.2, 0.25) is 0 Å². The van der Waals surface area contributed by atoms with Gasteiger partial charge in [0.05, 0.1) is 16.8 Å². The van der Waals surface area contributed by atoms with Crippen molar-refractivity contribution in [3.63, 3.8) is 0 Å². The van der Waals surface area contributed by atoms with Gasteiger partial charge >= 0.3 is 0 Å². The SMILES string of the molecule is O=C(Nc1cc(F)ccc1Br)c1cccc2cccnc12. The Balaban J connectivity index is 1.99. The first kappa shape index (κ1) is 13.7. The molecule has 1 N–H and O–H groups in total. The van der Waals surface area contributed by atoms with Gasteiger partial charge in [-0.1, -0.05) is 18.2 Å². The number of rotatable bonds is 2. The molecule has 0 radical (unpaired) electrons. The summed E-state index contributed by atoms with van der Waals surface area (Å²) in [6.45, 7) is 0. The molecule has 21 heavy (non-hydrogen) atoms. The zero-order valence-corrected chi connectivity index (χ0v) is 12.4. The molecular formula is C16H10BrFN2O. The van der Waals surface area contributed by atoms with Crippen LogP contribution in [0.5, 0.6) is 0 Å². The van der Waals surface area contributed by atoms with Crippen molar-refractivity contribution in [1.82, 2.24) is 4.98 Å². The fourth-order valence-electron chi connectivity index (χ4n) is 2.07. The number of anilines is 1. The lowest BCUT2D eigenvalue weighted by Gasteiger charge is -2.09. The van der Waals surface area contributed by atoms with Gasteiger partial charge in [0.25, 0.3) is 5.91 Å². The highest BCUT2D eigenvalue weighted by atomic mass is 79.9. The molecular weight excluding hydrogens is 335 g/mol. The Morgan fingerprint density at radius 1 is 1.14 bits per heavy atom. The van der Waals surface area contributed by atoms with Crippen molar-refractivity contribution in [2.45, 2.75) is 0 Å². The highest BCUT2D eigenvalue weighted by Gasteiger charge is 2.12. The van der Waals surface area contributed by atoms with E-state index in [-0.39, 0.29) is 5.91 Å². The number of hydrogen-bond donors (Lipinski definition) is 1. The number of para-hydroxylation sites is 1. The van der Waals surface area contributed by atoms with Gasteiger partial charge in [-0.05, 0) is 46.3 Å². The monoisotopic (exact) mass is 344 g/mol. The van der Waals surface area contributed by atoms with Gasteiger partial charge in [-0.2, -0.15) is 0 Å². The number of amides is 1. The Bertz CT molecular complexity index is 830. The number of nitrogens with one attached hydrogen (secondary N) is 1. The van der Waals surface area contributed by atoms with Gasteiger partial charge in [0.15, 0.2) is 0 Å². The van der Waals surface area contributed by atoms with Crippen LogP contribution in [0.25, 0.3) is 10.9 Å². The Kier molecular flexibility index (Phi) is 3.66. The van der Waals surface area contributed by atoms with E-state index in [4.69, 9.17) is 0 Å². The standard InChI is InChI=1S/C16H10BrFN2O/c17-13-7-6-11(18)9-14(13)20-16(21)12-5-1-3-10-4-2-8-19-15(10)12/h1-9H,(H,20,21). The predicted molar refractivity (Wildman–Crippen MR) is 83.8 cm³/mol. The van der Waals surface area contributed by atoms with E-state index in [0.717, 1.165) is 5.39 Å². The summed E-state index contributed by atoms with van der Waals surface area (Å²) in [6.07, 6.45) is 1.64. The summed E-state index contributed by atoms with van der Waals surface area (Å²) in [5, 5.41) is 3.57. The predicted octanol–water partition coefficient (Wildman–Crippen LogP) is 4.39. The third-order valence-electron chi connectivity index (χ3n) is 3.05. The van der Waals surface area contributed by atoms with Crippen LogP contribution in [-0.2, 0) is 0 Å². The number of fused-ring (bicyclic) bond motifs is 1. The second-order valence-electron chi connectivity index (χ2n) is 4.46. The van der Waals surface area contributed by atoms with Gasteiger partial charge in [-0.25, -0.2) is 4.39 Å². The summed E-state index contributed by atoms with van der Waals surface area (Å²) in [4.78, 5) is 16.6. The van der Waals surface area contributed by atoms with Crippen molar-refractivity contribution in [1.29, 1.82) is 0 Å². The lowest BCUT2D eigenvalue weighted by atomic mass is 10.1. The summed E-state index contributed by atoms with van der Waals surface area (Å²) in [7, 11) is 0. The normalized spacial score (nSPS) is 10.6. The summed E-state index contributed by atoms with van der Waals surface area (Å²) in [5.41, 5.74) is 1.45. The minimum absolute atomic E-state index is 0.328. The first-order chi connectivity index (χ1) is 10.1. The van der Waals surface area contributed by atoms with Crippen LogP contribution in [-0.4, -0.2) is 10.9 Å². The molecule has 1 amide bonds. The second-order valence-corrected chi connectivity index (χ2v) is 5.31. The molecule has 0 spiro atoms. The number of hydrogen-bond acceptors (Lipinski definition) is 2. The van der Waals surface area contributed by atoms with Crippen LogP contribution in [0.4, 0.5) is 10.1 Å². The average molecular weight is 345 g/mol. The quantitative estimate of drug-likeness (QED) is 0.749. The Labute approximate surface area is 128 Å². The van der Waals surface area contributed by atoms with E-state index in [1.807, 2.05) is 18.2 Å². The van der Waals surface area contributed by atoms with Crippen LogP contribution in [0.1, 0.15) is 10.4 Å². The van der Waals surface area contributed by atoms with Crippen LogP contribution in [0.3, 0.4) is 0 Å². The van der Waals surface area contributed by atoms with Gasteiger partial charge in [0.2, 0.25) is 0 Å². The molecule has 1 aromatic heterocycles. The van der Waals surface area contributed by atoms with Crippen molar-refractivity contribution < 1.29 is 9.18 Å². The molecule has 0 unspecified atom stereocenters. The van der Waals surface area contributed by atoms with Crippen LogP contribution in [0, 0.1) is 5.82 Å². The van der Waals surface area contributed by atoms with Crippen LogP contribution < -0.4 is 5.32 Å². The molecule has 0 aliphatic carbocycles. The van der Waals surface area contributed by atoms with Crippen molar-refractivity contribution in [2.24, 2.45) is 0 Å². The average Bonchev–Trinajstić information content (AvgIpc) is 2.50. The maximum absolute atomic E-state index is 13.3. The van der Waals surface area contributed by atoms with Gasteiger partial charge < -0.3 is 5.32 Å². The van der Waals surface area contributed by atoms with Gasteiger partial charge in [-0.3, -0.25) is 9.78 Å². The zero-order valence-electron chi connectivity index (χ0n) is 10.8. The maximum Gasteiger partial charge on any atom is 0.257 e. The van der Waals surface area contributed by atoms with E-state index in [1.54, 1.807) is 24.4 Å². The molecule has 0 aliphatic heterocycles. The van der Waals surface area contributed by atoms with Crippen molar-refractivity contribution in [3.8, 4) is 0 Å². The molecule has 3 aromatic rings. The van der Waals surface area contributed by atoms with Crippen LogP contribution >= 0.6 is 15.9 Å². The molecule has 3 nitrogen and oxygen atoms in total. The van der Waals surface area contributed by atoms with Crippen molar-refractivity contribution in [2.75, 3.05) is 5.32 Å². The Morgan fingerprint density at radius 3 is 2.81 bits per heavy atom. The number of pyridine rings is 1. The highest BCUT2D eigenvalue weighted by molar-refractivity contribution is 9.10. The summed E-state index contributed by atoms with van der Waals surface area (Å²) in [5.74, 6) is -0.741. The molecule has 0 bridgehead atoms. The van der Waals surface area contributed by atoms with E-state index >= 15 is 0 Å². The molecule has 0 saturated heterocycles. The lowest BCUT2D eigenvalue weighted by Crippen LogP contribution is -2.13. The minimum atomic E-state index is -0.412. The molecule has 0 saturated carbocycles. The fourth-order valence-corrected chi connectivity index (χ4v) is 2.42. The molecule has 1 heterocycles. The second kappa shape index (κ2) is 5.61. The largest absolute Gasteiger partial charge is 0.321 e. The van der Waals surface area contributed by atoms with Gasteiger partial charge in [0.1, 0.15) is 5.82 Å². The minimum Gasteiger partial charge on any atom is -0.321 e. The third kappa shape index (κ3) is 2.78. The topological polar surface area (TPSA) is 42.0 Å². The number of aromatic nitrogens is 1. The first-order valence-corrected chi connectivity index (χ1v) is 7.04. The van der Waals surface area contributed by atoms with Crippen molar-refractivity contribution >= 4 is 38.4 Å². The van der Waals surface area contributed by atoms with Gasteiger partial charge in [-0.15, -0.1) is 0 Å². The summed E-state index contributed by atoms with van der Waals surface area (Å²) in [6, 6.07) is 13.2. The summed E-state index contributed by atoms with van der Waals surface area (Å²) < 4.78 is 13.9. The van der Waals surface area contributed by atoms with E-state index in [2.05, 4.69) is 26.2 Å². The molecule has 3 rings (SSSR count). The summed E-state index contributed by atoms with van der Waals surface area (Å²) >= 11 is 3.28. The molecule has 0 fully saturated rings. The number of carbonyl (C=O) groups is 1.